The number of likely N-dealkylation sites (N-methyl/N-ethyl adjacent to an activating group) is 1. The maximum atomic E-state index is 5.92. The summed E-state index contributed by atoms with van der Waals surface area (Å²) in [6.07, 6.45) is 3.34. The van der Waals surface area contributed by atoms with Gasteiger partial charge < -0.3 is 35.7 Å². The van der Waals surface area contributed by atoms with Crippen molar-refractivity contribution in [2.75, 3.05) is 52.4 Å². The molecule has 0 saturated heterocycles. The summed E-state index contributed by atoms with van der Waals surface area (Å²) in [6, 6.07) is 17.0. The SMILES string of the molecule is CC(C)(C)CC(C)(C)c1ccc(OCCOCC[N+](C)(C)Cc2cccc(OCCCCBr)c2)cc1.[Br-]. The van der Waals surface area contributed by atoms with Crippen LogP contribution in [0.4, 0.5) is 0 Å². The molecule has 0 aliphatic heterocycles. The van der Waals surface area contributed by atoms with Gasteiger partial charge in [0.25, 0.3) is 0 Å². The first kappa shape index (κ1) is 33.9. The van der Waals surface area contributed by atoms with Gasteiger partial charge in [0.2, 0.25) is 0 Å². The molecule has 210 valence electrons. The van der Waals surface area contributed by atoms with Crippen LogP contribution >= 0.6 is 15.9 Å². The molecule has 37 heavy (non-hydrogen) atoms. The molecule has 0 bridgehead atoms. The minimum absolute atomic E-state index is 0. The minimum Gasteiger partial charge on any atom is -1.00 e. The lowest BCUT2D eigenvalue weighted by molar-refractivity contribution is -0.904. The molecule has 0 saturated carbocycles. The molecule has 2 aromatic carbocycles. The quantitative estimate of drug-likeness (QED) is 0.152. The van der Waals surface area contributed by atoms with Crippen LogP contribution in [0.15, 0.2) is 48.5 Å². The number of ether oxygens (including phenoxy) is 3. The van der Waals surface area contributed by atoms with Gasteiger partial charge in [-0.1, -0.05) is 74.8 Å². The number of rotatable bonds is 16. The summed E-state index contributed by atoms with van der Waals surface area (Å²) in [5.74, 6) is 1.86. The molecule has 0 atom stereocenters. The molecule has 4 nitrogen and oxygen atoms in total. The highest BCUT2D eigenvalue weighted by molar-refractivity contribution is 9.09. The van der Waals surface area contributed by atoms with E-state index < -0.39 is 0 Å². The van der Waals surface area contributed by atoms with Crippen molar-refractivity contribution in [3.05, 3.63) is 59.7 Å². The normalized spacial score (nSPS) is 12.2. The van der Waals surface area contributed by atoms with E-state index in [0.717, 1.165) is 60.3 Å². The first-order valence-electron chi connectivity index (χ1n) is 13.3. The number of benzene rings is 2. The Morgan fingerprint density at radius 1 is 0.784 bits per heavy atom. The maximum absolute atomic E-state index is 5.92. The van der Waals surface area contributed by atoms with Gasteiger partial charge in [0.1, 0.15) is 31.2 Å². The lowest BCUT2D eigenvalue weighted by Crippen LogP contribution is -3.00. The highest BCUT2D eigenvalue weighted by Crippen LogP contribution is 2.36. The Morgan fingerprint density at radius 3 is 2.11 bits per heavy atom. The summed E-state index contributed by atoms with van der Waals surface area (Å²) < 4.78 is 18.6. The average molecular weight is 644 g/mol. The standard InChI is InChI=1S/C31H49BrNO3.BrH/c1-30(2,3)25-31(4,5)27-13-15-28(16-14-27)36-22-21-34-20-18-33(6,7)24-26-11-10-12-29(23-26)35-19-9-8-17-32;/h10-16,23H,8-9,17-22,24-25H2,1-7H3;1H/q+1;/p-1. The summed E-state index contributed by atoms with van der Waals surface area (Å²) in [5.41, 5.74) is 3.09. The Morgan fingerprint density at radius 2 is 1.46 bits per heavy atom. The van der Waals surface area contributed by atoms with Crippen LogP contribution in [0.3, 0.4) is 0 Å². The van der Waals surface area contributed by atoms with Gasteiger partial charge in [-0.2, -0.15) is 0 Å². The number of halogens is 2. The third-order valence-corrected chi connectivity index (χ3v) is 6.81. The Balaban J connectivity index is 0.00000684. The van der Waals surface area contributed by atoms with Gasteiger partial charge in [0.05, 0.1) is 33.9 Å². The monoisotopic (exact) mass is 641 g/mol. The minimum atomic E-state index is 0. The van der Waals surface area contributed by atoms with Crippen LogP contribution in [0, 0.1) is 5.41 Å². The van der Waals surface area contributed by atoms with Crippen LogP contribution in [0.5, 0.6) is 11.5 Å². The molecule has 0 unspecified atom stereocenters. The molecular formula is C31H49Br2NO3. The fourth-order valence-electron chi connectivity index (χ4n) is 4.76. The molecule has 0 spiro atoms. The van der Waals surface area contributed by atoms with E-state index in [1.54, 1.807) is 0 Å². The fraction of sp³-hybridized carbons (Fsp3) is 0.613. The summed E-state index contributed by atoms with van der Waals surface area (Å²) in [5, 5.41) is 1.03. The van der Waals surface area contributed by atoms with Crippen molar-refractivity contribution in [2.24, 2.45) is 5.41 Å². The fourth-order valence-corrected chi connectivity index (χ4v) is 5.15. The highest BCUT2D eigenvalue weighted by atomic mass is 79.9. The average Bonchev–Trinajstić information content (AvgIpc) is 2.78. The van der Waals surface area contributed by atoms with Crippen molar-refractivity contribution in [3.8, 4) is 11.5 Å². The molecule has 0 N–H and O–H groups in total. The second kappa shape index (κ2) is 16.1. The number of unbranched alkanes of at least 4 members (excludes halogenated alkanes) is 1. The molecule has 0 fully saturated rings. The molecule has 6 heteroatoms. The van der Waals surface area contributed by atoms with Crippen molar-refractivity contribution in [3.63, 3.8) is 0 Å². The van der Waals surface area contributed by atoms with Gasteiger partial charge in [0.15, 0.2) is 0 Å². The van der Waals surface area contributed by atoms with Crippen LogP contribution < -0.4 is 26.5 Å². The zero-order chi connectivity index (χ0) is 26.7. The molecule has 0 radical (unpaired) electrons. The third-order valence-electron chi connectivity index (χ3n) is 6.25. The molecule has 2 rings (SSSR count). The third kappa shape index (κ3) is 14.0. The van der Waals surface area contributed by atoms with E-state index in [-0.39, 0.29) is 22.4 Å². The van der Waals surface area contributed by atoms with E-state index in [4.69, 9.17) is 14.2 Å². The number of hydrogen-bond donors (Lipinski definition) is 0. The van der Waals surface area contributed by atoms with Gasteiger partial charge in [-0.25, -0.2) is 0 Å². The van der Waals surface area contributed by atoms with E-state index in [1.807, 2.05) is 6.07 Å². The van der Waals surface area contributed by atoms with Crippen LogP contribution in [-0.4, -0.2) is 56.9 Å². The van der Waals surface area contributed by atoms with E-state index in [2.05, 4.69) is 107 Å². The van der Waals surface area contributed by atoms with Crippen molar-refractivity contribution in [1.82, 2.24) is 0 Å². The predicted molar refractivity (Wildman–Crippen MR) is 155 cm³/mol. The highest BCUT2D eigenvalue weighted by Gasteiger charge is 2.27. The molecule has 0 aromatic heterocycles. The van der Waals surface area contributed by atoms with E-state index in [1.165, 1.54) is 11.1 Å². The first-order chi connectivity index (χ1) is 16.9. The zero-order valence-electron chi connectivity index (χ0n) is 24.1. The van der Waals surface area contributed by atoms with Crippen LogP contribution in [0.2, 0.25) is 0 Å². The topological polar surface area (TPSA) is 27.7 Å². The lowest BCUT2D eigenvalue weighted by atomic mass is 9.72. The Bertz CT molecular complexity index is 892. The molecular weight excluding hydrogens is 594 g/mol. The Hall–Kier alpha value is -1.08. The van der Waals surface area contributed by atoms with Gasteiger partial charge in [-0.15, -0.1) is 0 Å². The molecule has 0 aliphatic rings. The second-order valence-electron chi connectivity index (χ2n) is 12.3. The van der Waals surface area contributed by atoms with E-state index in [0.29, 0.717) is 25.2 Å². The molecule has 0 amide bonds. The molecule has 2 aromatic rings. The zero-order valence-corrected chi connectivity index (χ0v) is 27.3. The lowest BCUT2D eigenvalue weighted by Gasteiger charge is -2.33. The van der Waals surface area contributed by atoms with Crippen LogP contribution in [0.25, 0.3) is 0 Å². The maximum Gasteiger partial charge on any atom is 0.119 e. The largest absolute Gasteiger partial charge is 1.00 e. The Labute approximate surface area is 245 Å². The number of quaternary nitrogens is 1. The summed E-state index contributed by atoms with van der Waals surface area (Å²) in [6.45, 7) is 16.0. The van der Waals surface area contributed by atoms with Gasteiger partial charge in [0, 0.05) is 10.9 Å². The van der Waals surface area contributed by atoms with E-state index >= 15 is 0 Å². The molecule has 0 heterocycles. The Kier molecular flexibility index (Phi) is 14.8. The van der Waals surface area contributed by atoms with E-state index in [9.17, 15) is 0 Å². The summed E-state index contributed by atoms with van der Waals surface area (Å²) >= 11 is 3.47. The number of alkyl halides is 1. The van der Waals surface area contributed by atoms with Gasteiger partial charge in [-0.05, 0) is 59.9 Å². The first-order valence-corrected chi connectivity index (χ1v) is 14.4. The summed E-state index contributed by atoms with van der Waals surface area (Å²) in [7, 11) is 4.48. The van der Waals surface area contributed by atoms with Crippen molar-refractivity contribution < 1.29 is 35.7 Å². The molecule has 0 aliphatic carbocycles. The van der Waals surface area contributed by atoms with Crippen molar-refractivity contribution in [1.29, 1.82) is 0 Å². The second-order valence-corrected chi connectivity index (χ2v) is 13.1. The number of nitrogens with zero attached hydrogens (tertiary/aromatic N) is 1. The van der Waals surface area contributed by atoms with Crippen LogP contribution in [-0.2, 0) is 16.7 Å². The number of hydrogen-bond acceptors (Lipinski definition) is 3. The van der Waals surface area contributed by atoms with Crippen molar-refractivity contribution in [2.45, 2.75) is 65.8 Å². The predicted octanol–water partition coefficient (Wildman–Crippen LogP) is 4.63. The van der Waals surface area contributed by atoms with Crippen LogP contribution in [0.1, 0.15) is 65.0 Å². The van der Waals surface area contributed by atoms with Gasteiger partial charge in [-0.3, -0.25) is 0 Å². The van der Waals surface area contributed by atoms with Gasteiger partial charge >= 0.3 is 0 Å². The summed E-state index contributed by atoms with van der Waals surface area (Å²) in [4.78, 5) is 0. The smallest absolute Gasteiger partial charge is 0.119 e. The van der Waals surface area contributed by atoms with Crippen molar-refractivity contribution >= 4 is 15.9 Å².